The van der Waals surface area contributed by atoms with Crippen LogP contribution < -0.4 is 0 Å². The molecular weight excluding hydrogens is 448 g/mol. The van der Waals surface area contributed by atoms with Gasteiger partial charge in [0.25, 0.3) is 20.2 Å². The molecule has 0 amide bonds. The van der Waals surface area contributed by atoms with Gasteiger partial charge in [0.2, 0.25) is 0 Å². The van der Waals surface area contributed by atoms with E-state index in [-0.39, 0.29) is 5.39 Å². The lowest BCUT2D eigenvalue weighted by molar-refractivity contribution is 0.465. The van der Waals surface area contributed by atoms with Crippen LogP contribution in [0.5, 0.6) is 0 Å². The minimum atomic E-state index is -4.89. The van der Waals surface area contributed by atoms with Crippen molar-refractivity contribution in [3.63, 3.8) is 0 Å². The summed E-state index contributed by atoms with van der Waals surface area (Å²) >= 11 is 0. The van der Waals surface area contributed by atoms with Crippen molar-refractivity contribution in [2.45, 2.75) is 101 Å². The zero-order chi connectivity index (χ0) is 23.8. The Bertz CT molecular complexity index is 1110. The molecule has 0 aliphatic heterocycles. The maximum absolute atomic E-state index is 12.4. The third-order valence-corrected chi connectivity index (χ3v) is 7.95. The van der Waals surface area contributed by atoms with Crippen LogP contribution in [0.15, 0.2) is 34.1 Å². The first-order valence-corrected chi connectivity index (χ1v) is 14.5. The molecule has 2 aromatic carbocycles. The highest BCUT2D eigenvalue weighted by Gasteiger charge is 2.32. The van der Waals surface area contributed by atoms with E-state index in [4.69, 9.17) is 0 Å². The molecule has 8 heteroatoms. The van der Waals surface area contributed by atoms with Crippen molar-refractivity contribution in [3.05, 3.63) is 35.4 Å². The summed E-state index contributed by atoms with van der Waals surface area (Å²) in [6.07, 6.45) is 10.8. The normalized spacial score (nSPS) is 12.5. The Hall–Kier alpha value is -1.48. The monoisotopic (exact) mass is 484 g/mol. The fourth-order valence-electron chi connectivity index (χ4n) is 4.39. The molecule has 0 heterocycles. The summed E-state index contributed by atoms with van der Waals surface area (Å²) in [6.45, 7) is 4.24. The van der Waals surface area contributed by atoms with Gasteiger partial charge in [-0.1, -0.05) is 89.5 Å². The first kappa shape index (κ1) is 26.8. The number of benzene rings is 2. The fourth-order valence-corrected chi connectivity index (χ4v) is 6.72. The predicted octanol–water partition coefficient (Wildman–Crippen LogP) is 6.36. The number of hydrogen-bond acceptors (Lipinski definition) is 4. The van der Waals surface area contributed by atoms with Gasteiger partial charge in [0, 0.05) is 5.39 Å². The van der Waals surface area contributed by atoms with E-state index in [0.717, 1.165) is 63.4 Å². The van der Waals surface area contributed by atoms with E-state index in [9.17, 15) is 25.9 Å². The molecule has 0 bridgehead atoms. The summed E-state index contributed by atoms with van der Waals surface area (Å²) in [6, 6.07) is 6.62. The van der Waals surface area contributed by atoms with Gasteiger partial charge in [-0.15, -0.1) is 0 Å². The average Bonchev–Trinajstić information content (AvgIpc) is 2.71. The van der Waals surface area contributed by atoms with E-state index in [1.165, 1.54) is 6.07 Å². The maximum atomic E-state index is 12.4. The van der Waals surface area contributed by atoms with Crippen LogP contribution in [0.25, 0.3) is 10.8 Å². The molecular formula is C24H36O6S2. The summed E-state index contributed by atoms with van der Waals surface area (Å²) in [4.78, 5) is -1.37. The quantitative estimate of drug-likeness (QED) is 0.238. The molecule has 32 heavy (non-hydrogen) atoms. The van der Waals surface area contributed by atoms with Crippen molar-refractivity contribution in [1.82, 2.24) is 0 Å². The van der Waals surface area contributed by atoms with Gasteiger partial charge in [-0.3, -0.25) is 9.11 Å². The van der Waals surface area contributed by atoms with Gasteiger partial charge in [-0.2, -0.15) is 16.8 Å². The number of unbranched alkanes of at least 4 members (excludes halogenated alkanes) is 8. The fraction of sp³-hybridized carbons (Fsp3) is 0.583. The van der Waals surface area contributed by atoms with Gasteiger partial charge in [-0.25, -0.2) is 0 Å². The molecule has 0 atom stereocenters. The highest BCUT2D eigenvalue weighted by atomic mass is 32.2. The second-order valence-corrected chi connectivity index (χ2v) is 11.2. The first-order valence-electron chi connectivity index (χ1n) is 11.6. The zero-order valence-corrected chi connectivity index (χ0v) is 20.8. The van der Waals surface area contributed by atoms with Crippen molar-refractivity contribution >= 4 is 31.0 Å². The minimum Gasteiger partial charge on any atom is -0.282 e. The van der Waals surface area contributed by atoms with Crippen LogP contribution in [-0.2, 0) is 33.1 Å². The molecule has 0 spiro atoms. The minimum absolute atomic E-state index is 0.126. The maximum Gasteiger partial charge on any atom is 0.296 e. The highest BCUT2D eigenvalue weighted by Crippen LogP contribution is 2.38. The topological polar surface area (TPSA) is 109 Å². The molecule has 2 rings (SSSR count). The molecule has 0 saturated carbocycles. The standard InChI is InChI=1S/C24H36O6S2/c1-3-5-7-9-11-15-19-20-16-13-14-18-22(20)24(32(28,29)30)23(31(25,26)27)21(19)17-12-10-8-6-4-2/h13-14,16,18H,3-12,15,17H2,1-2H3,(H,25,26,27)(H,28,29,30). The molecule has 6 nitrogen and oxygen atoms in total. The Morgan fingerprint density at radius 1 is 0.594 bits per heavy atom. The number of rotatable bonds is 14. The molecule has 180 valence electrons. The molecule has 0 radical (unpaired) electrons. The van der Waals surface area contributed by atoms with Gasteiger partial charge in [0.1, 0.15) is 9.79 Å². The SMILES string of the molecule is CCCCCCCc1c(S(=O)(=O)O)c(S(=O)(=O)O)c2ccccc2c1CCCCCCC. The number of aryl methyl sites for hydroxylation is 1. The molecule has 0 aromatic heterocycles. The lowest BCUT2D eigenvalue weighted by atomic mass is 9.91. The Balaban J connectivity index is 2.69. The second-order valence-electron chi connectivity index (χ2n) is 8.44. The summed E-state index contributed by atoms with van der Waals surface area (Å²) in [5.74, 6) is 0. The Morgan fingerprint density at radius 2 is 1.03 bits per heavy atom. The molecule has 0 aliphatic rings. The smallest absolute Gasteiger partial charge is 0.282 e. The van der Waals surface area contributed by atoms with Crippen LogP contribution in [0.3, 0.4) is 0 Å². The molecule has 2 aromatic rings. The van der Waals surface area contributed by atoms with Crippen molar-refractivity contribution in [3.8, 4) is 0 Å². The number of fused-ring (bicyclic) bond motifs is 1. The second kappa shape index (κ2) is 12.1. The van der Waals surface area contributed by atoms with Crippen molar-refractivity contribution in [1.29, 1.82) is 0 Å². The van der Waals surface area contributed by atoms with Crippen molar-refractivity contribution < 1.29 is 25.9 Å². The zero-order valence-electron chi connectivity index (χ0n) is 19.1. The van der Waals surface area contributed by atoms with E-state index in [0.29, 0.717) is 30.2 Å². The van der Waals surface area contributed by atoms with Gasteiger partial charge in [0.05, 0.1) is 0 Å². The molecule has 0 aliphatic carbocycles. The van der Waals surface area contributed by atoms with Gasteiger partial charge in [-0.05, 0) is 42.2 Å². The van der Waals surface area contributed by atoms with Crippen LogP contribution in [0.1, 0.15) is 89.2 Å². The lowest BCUT2D eigenvalue weighted by Gasteiger charge is -2.20. The van der Waals surface area contributed by atoms with Crippen LogP contribution in [-0.4, -0.2) is 25.9 Å². The molecule has 2 N–H and O–H groups in total. The van der Waals surface area contributed by atoms with Crippen LogP contribution in [0, 0.1) is 0 Å². The lowest BCUT2D eigenvalue weighted by Crippen LogP contribution is -2.15. The third-order valence-electron chi connectivity index (χ3n) is 5.92. The van der Waals surface area contributed by atoms with Crippen molar-refractivity contribution in [2.75, 3.05) is 0 Å². The first-order chi connectivity index (χ1) is 15.1. The average molecular weight is 485 g/mol. The van der Waals surface area contributed by atoms with Gasteiger partial charge >= 0.3 is 0 Å². The van der Waals surface area contributed by atoms with E-state index in [1.54, 1.807) is 18.2 Å². The van der Waals surface area contributed by atoms with E-state index >= 15 is 0 Å². The van der Waals surface area contributed by atoms with Gasteiger partial charge < -0.3 is 0 Å². The Morgan fingerprint density at radius 3 is 1.50 bits per heavy atom. The Labute approximate surface area is 192 Å². The Kier molecular flexibility index (Phi) is 10.1. The van der Waals surface area contributed by atoms with E-state index in [2.05, 4.69) is 13.8 Å². The summed E-state index contributed by atoms with van der Waals surface area (Å²) < 4.78 is 69.5. The predicted molar refractivity (Wildman–Crippen MR) is 129 cm³/mol. The highest BCUT2D eigenvalue weighted by molar-refractivity contribution is 7.89. The number of hydrogen-bond donors (Lipinski definition) is 2. The molecule has 0 saturated heterocycles. The van der Waals surface area contributed by atoms with Crippen molar-refractivity contribution in [2.24, 2.45) is 0 Å². The molecule has 0 unspecified atom stereocenters. The van der Waals surface area contributed by atoms with E-state index in [1.807, 2.05) is 0 Å². The van der Waals surface area contributed by atoms with E-state index < -0.39 is 30.0 Å². The van der Waals surface area contributed by atoms with Crippen LogP contribution in [0.4, 0.5) is 0 Å². The van der Waals surface area contributed by atoms with Crippen LogP contribution >= 0.6 is 0 Å². The van der Waals surface area contributed by atoms with Crippen LogP contribution in [0.2, 0.25) is 0 Å². The van der Waals surface area contributed by atoms with Gasteiger partial charge in [0.15, 0.2) is 0 Å². The summed E-state index contributed by atoms with van der Waals surface area (Å²) in [5, 5.41) is 0.743. The third kappa shape index (κ3) is 7.01. The molecule has 0 fully saturated rings. The largest absolute Gasteiger partial charge is 0.296 e. The summed E-state index contributed by atoms with van der Waals surface area (Å²) in [5.41, 5.74) is 1.08. The summed E-state index contributed by atoms with van der Waals surface area (Å²) in [7, 11) is -9.78.